The topological polar surface area (TPSA) is 81.6 Å². The predicted molar refractivity (Wildman–Crippen MR) is 97.9 cm³/mol. The summed E-state index contributed by atoms with van der Waals surface area (Å²) in [5.74, 6) is 0.791. The van der Waals surface area contributed by atoms with Gasteiger partial charge in [0.15, 0.2) is 0 Å². The van der Waals surface area contributed by atoms with Crippen molar-refractivity contribution in [1.29, 1.82) is 0 Å². The standard InChI is InChI=1S/C17H19N7/c1-12-16-15(23-22-12)8-9-20-17(16)21-14-6-4-13(5-7-14)10-24(19-3)11-18-2/h4-9,11H,3,10H2,1-2H3,(H,20,21)(H,22,23). The molecule has 7 nitrogen and oxygen atoms in total. The molecule has 0 radical (unpaired) electrons. The van der Waals surface area contributed by atoms with E-state index in [2.05, 4.69) is 37.3 Å². The fourth-order valence-corrected chi connectivity index (χ4v) is 2.49. The highest BCUT2D eigenvalue weighted by Gasteiger charge is 2.08. The molecule has 2 heterocycles. The van der Waals surface area contributed by atoms with Crippen molar-refractivity contribution in [2.75, 3.05) is 12.4 Å². The van der Waals surface area contributed by atoms with Gasteiger partial charge in [-0.2, -0.15) is 10.2 Å². The molecule has 7 heteroatoms. The van der Waals surface area contributed by atoms with Gasteiger partial charge >= 0.3 is 0 Å². The quantitative estimate of drug-likeness (QED) is 0.415. The second-order valence-corrected chi connectivity index (χ2v) is 5.34. The third kappa shape index (κ3) is 3.24. The van der Waals surface area contributed by atoms with Gasteiger partial charge in [0.25, 0.3) is 0 Å². The maximum atomic E-state index is 4.42. The van der Waals surface area contributed by atoms with E-state index in [0.717, 1.165) is 33.7 Å². The van der Waals surface area contributed by atoms with Crippen molar-refractivity contribution < 1.29 is 0 Å². The zero-order chi connectivity index (χ0) is 16.9. The summed E-state index contributed by atoms with van der Waals surface area (Å²) < 4.78 is 0. The molecule has 0 aliphatic rings. The molecule has 0 aliphatic carbocycles. The fourth-order valence-electron chi connectivity index (χ4n) is 2.49. The lowest BCUT2D eigenvalue weighted by molar-refractivity contribution is 0.456. The molecule has 0 saturated carbocycles. The van der Waals surface area contributed by atoms with Crippen molar-refractivity contribution in [2.24, 2.45) is 10.1 Å². The van der Waals surface area contributed by atoms with Crippen LogP contribution in [0.4, 0.5) is 11.5 Å². The smallest absolute Gasteiger partial charge is 0.141 e. The molecule has 0 atom stereocenters. The number of aromatic nitrogens is 3. The number of hydrogen-bond donors (Lipinski definition) is 2. The maximum absolute atomic E-state index is 4.42. The molecule has 0 unspecified atom stereocenters. The molecule has 0 bridgehead atoms. The Balaban J connectivity index is 1.78. The zero-order valence-electron chi connectivity index (χ0n) is 13.7. The lowest BCUT2D eigenvalue weighted by Gasteiger charge is -2.13. The van der Waals surface area contributed by atoms with Crippen molar-refractivity contribution in [1.82, 2.24) is 20.2 Å². The van der Waals surface area contributed by atoms with Gasteiger partial charge in [0.05, 0.1) is 17.4 Å². The van der Waals surface area contributed by atoms with Crippen LogP contribution in [0, 0.1) is 6.92 Å². The molecular weight excluding hydrogens is 302 g/mol. The van der Waals surface area contributed by atoms with Crippen LogP contribution in [-0.4, -0.2) is 40.3 Å². The van der Waals surface area contributed by atoms with E-state index in [1.54, 1.807) is 24.6 Å². The number of H-pyrrole nitrogens is 1. The Kier molecular flexibility index (Phi) is 4.51. The van der Waals surface area contributed by atoms with Gasteiger partial charge in [-0.05, 0) is 30.7 Å². The van der Waals surface area contributed by atoms with Crippen LogP contribution in [0.1, 0.15) is 11.3 Å². The van der Waals surface area contributed by atoms with Crippen molar-refractivity contribution in [2.45, 2.75) is 13.5 Å². The molecule has 3 aromatic rings. The Labute approximate surface area is 140 Å². The Bertz CT molecular complexity index is 864. The third-order valence-corrected chi connectivity index (χ3v) is 3.64. The van der Waals surface area contributed by atoms with Crippen LogP contribution in [0.15, 0.2) is 46.6 Å². The van der Waals surface area contributed by atoms with Crippen molar-refractivity contribution in [3.8, 4) is 0 Å². The molecule has 122 valence electrons. The number of nitrogens with zero attached hydrogens (tertiary/aromatic N) is 5. The number of fused-ring (bicyclic) bond motifs is 1. The minimum absolute atomic E-state index is 0.621. The predicted octanol–water partition coefficient (Wildman–Crippen LogP) is 3.09. The minimum atomic E-state index is 0.621. The van der Waals surface area contributed by atoms with Gasteiger partial charge in [0.1, 0.15) is 12.2 Å². The van der Waals surface area contributed by atoms with Gasteiger partial charge in [0, 0.05) is 31.3 Å². The number of pyridine rings is 1. The molecule has 0 fully saturated rings. The van der Waals surface area contributed by atoms with Crippen LogP contribution in [0.25, 0.3) is 10.9 Å². The van der Waals surface area contributed by atoms with Crippen LogP contribution in [0.5, 0.6) is 0 Å². The SMILES string of the molecule is C=NN(C=NC)Cc1ccc(Nc2nccc3n[nH]c(C)c23)cc1. The van der Waals surface area contributed by atoms with Crippen molar-refractivity contribution in [3.05, 3.63) is 47.8 Å². The second-order valence-electron chi connectivity index (χ2n) is 5.34. The molecule has 1 aromatic carbocycles. The van der Waals surface area contributed by atoms with Crippen LogP contribution in [-0.2, 0) is 6.54 Å². The normalized spacial score (nSPS) is 11.1. The average Bonchev–Trinajstić information content (AvgIpc) is 2.98. The Morgan fingerprint density at radius 3 is 2.79 bits per heavy atom. The number of hydrogen-bond acceptors (Lipinski definition) is 5. The van der Waals surface area contributed by atoms with Gasteiger partial charge in [0.2, 0.25) is 0 Å². The molecule has 0 saturated heterocycles. The van der Waals surface area contributed by atoms with Crippen molar-refractivity contribution in [3.63, 3.8) is 0 Å². The second kappa shape index (κ2) is 6.91. The molecule has 0 amide bonds. The monoisotopic (exact) mass is 321 g/mol. The van der Waals surface area contributed by atoms with Gasteiger partial charge in [-0.3, -0.25) is 15.1 Å². The lowest BCUT2D eigenvalue weighted by Crippen LogP contribution is -2.13. The largest absolute Gasteiger partial charge is 0.340 e. The average molecular weight is 321 g/mol. The summed E-state index contributed by atoms with van der Waals surface area (Å²) in [6, 6.07) is 9.98. The summed E-state index contributed by atoms with van der Waals surface area (Å²) in [5.41, 5.74) is 3.96. The molecule has 2 N–H and O–H groups in total. The van der Waals surface area contributed by atoms with Crippen LogP contribution < -0.4 is 5.32 Å². The first-order valence-corrected chi connectivity index (χ1v) is 7.52. The minimum Gasteiger partial charge on any atom is -0.340 e. The van der Waals surface area contributed by atoms with Crippen LogP contribution in [0.3, 0.4) is 0 Å². The first-order chi connectivity index (χ1) is 11.7. The van der Waals surface area contributed by atoms with Gasteiger partial charge in [-0.25, -0.2) is 4.98 Å². The number of aromatic amines is 1. The Morgan fingerprint density at radius 1 is 1.29 bits per heavy atom. The van der Waals surface area contributed by atoms with Crippen LogP contribution >= 0.6 is 0 Å². The number of nitrogens with one attached hydrogen (secondary N) is 2. The van der Waals surface area contributed by atoms with Crippen LogP contribution in [0.2, 0.25) is 0 Å². The van der Waals surface area contributed by atoms with E-state index < -0.39 is 0 Å². The fraction of sp³-hybridized carbons (Fsp3) is 0.176. The maximum Gasteiger partial charge on any atom is 0.141 e. The first-order valence-electron chi connectivity index (χ1n) is 7.52. The number of rotatable bonds is 6. The van der Waals surface area contributed by atoms with E-state index >= 15 is 0 Å². The van der Waals surface area contributed by atoms with E-state index in [-0.39, 0.29) is 0 Å². The summed E-state index contributed by atoms with van der Waals surface area (Å²) in [4.78, 5) is 8.37. The molecule has 2 aromatic heterocycles. The highest BCUT2D eigenvalue weighted by molar-refractivity contribution is 5.92. The number of hydrazone groups is 1. The number of aryl methyl sites for hydroxylation is 1. The van der Waals surface area contributed by atoms with E-state index in [9.17, 15) is 0 Å². The summed E-state index contributed by atoms with van der Waals surface area (Å²) in [7, 11) is 1.71. The first kappa shape index (κ1) is 15.7. The van der Waals surface area contributed by atoms with E-state index in [4.69, 9.17) is 0 Å². The van der Waals surface area contributed by atoms with Gasteiger partial charge < -0.3 is 5.32 Å². The third-order valence-electron chi connectivity index (χ3n) is 3.64. The van der Waals surface area contributed by atoms with E-state index in [1.807, 2.05) is 37.3 Å². The lowest BCUT2D eigenvalue weighted by atomic mass is 10.2. The zero-order valence-corrected chi connectivity index (χ0v) is 13.7. The molecule has 24 heavy (non-hydrogen) atoms. The number of aliphatic imine (C=N–C) groups is 1. The summed E-state index contributed by atoms with van der Waals surface area (Å²) in [6.07, 6.45) is 3.39. The van der Waals surface area contributed by atoms with Gasteiger partial charge in [-0.1, -0.05) is 12.1 Å². The number of benzene rings is 1. The summed E-state index contributed by atoms with van der Waals surface area (Å²) >= 11 is 0. The highest BCUT2D eigenvalue weighted by atomic mass is 15.4. The molecule has 0 spiro atoms. The van der Waals surface area contributed by atoms with Crippen molar-refractivity contribution >= 4 is 35.5 Å². The summed E-state index contributed by atoms with van der Waals surface area (Å²) in [6.45, 7) is 6.14. The van der Waals surface area contributed by atoms with E-state index in [0.29, 0.717) is 6.54 Å². The Hall–Kier alpha value is -3.22. The highest BCUT2D eigenvalue weighted by Crippen LogP contribution is 2.25. The number of anilines is 2. The Morgan fingerprint density at radius 2 is 2.08 bits per heavy atom. The van der Waals surface area contributed by atoms with Gasteiger partial charge in [-0.15, -0.1) is 0 Å². The molecule has 0 aliphatic heterocycles. The van der Waals surface area contributed by atoms with E-state index in [1.165, 1.54) is 0 Å². The summed E-state index contributed by atoms with van der Waals surface area (Å²) in [5, 5.41) is 17.2. The molecule has 3 rings (SSSR count). The molecular formula is C17H19N7.